The topological polar surface area (TPSA) is 105 Å². The number of aliphatic hydroxyl groups excluding tert-OH is 1. The van der Waals surface area contributed by atoms with Crippen LogP contribution in [-0.2, 0) is 18.4 Å². The lowest BCUT2D eigenvalue weighted by molar-refractivity contribution is -0.870. The van der Waals surface area contributed by atoms with Gasteiger partial charge in [0.1, 0.15) is 13.2 Å². The van der Waals surface area contributed by atoms with Crippen LogP contribution >= 0.6 is 7.82 Å². The van der Waals surface area contributed by atoms with Crippen LogP contribution in [0.25, 0.3) is 0 Å². The zero-order chi connectivity index (χ0) is 53.5. The van der Waals surface area contributed by atoms with E-state index in [-0.39, 0.29) is 19.1 Å². The SMILES string of the molecule is CC/C=C\C/C=C\C/C=C\C/C=C\C/C=C\CCCCCCCCCCCCCCCCCCCCCCCCCC(=O)NC(COP(=O)(O)OCC[N+](C)(C)C)C(O)CCCCCCCCCCCCCC. The Kier molecular flexibility index (Phi) is 53.6. The molecule has 0 saturated carbocycles. The van der Waals surface area contributed by atoms with Gasteiger partial charge in [0.2, 0.25) is 5.91 Å². The molecule has 1 amide bonds. The Bertz CT molecular complexity index is 1370. The fourth-order valence-electron chi connectivity index (χ4n) is 9.19. The molecule has 0 aromatic carbocycles. The van der Waals surface area contributed by atoms with Crippen molar-refractivity contribution in [3.05, 3.63) is 60.8 Å². The number of amides is 1. The predicted octanol–water partition coefficient (Wildman–Crippen LogP) is 19.3. The lowest BCUT2D eigenvalue weighted by Crippen LogP contribution is -2.46. The number of hydrogen-bond acceptors (Lipinski definition) is 5. The average Bonchev–Trinajstić information content (AvgIpc) is 3.35. The number of nitrogens with zero attached hydrogens (tertiary/aromatic N) is 1. The van der Waals surface area contributed by atoms with Crippen LogP contribution in [0, 0.1) is 0 Å². The molecule has 0 aromatic rings. The molecule has 0 fully saturated rings. The van der Waals surface area contributed by atoms with Crippen LogP contribution in [0.2, 0.25) is 0 Å². The normalized spacial score (nSPS) is 14.2. The van der Waals surface area contributed by atoms with Crippen molar-refractivity contribution in [2.45, 2.75) is 302 Å². The van der Waals surface area contributed by atoms with Crippen molar-refractivity contribution >= 4 is 13.7 Å². The third-order valence-electron chi connectivity index (χ3n) is 14.0. The van der Waals surface area contributed by atoms with Crippen molar-refractivity contribution in [2.75, 3.05) is 40.9 Å². The van der Waals surface area contributed by atoms with Crippen LogP contribution < -0.4 is 5.32 Å². The van der Waals surface area contributed by atoms with Gasteiger partial charge in [0.05, 0.1) is 39.9 Å². The van der Waals surface area contributed by atoms with E-state index in [4.69, 9.17) is 9.05 Å². The molecule has 0 heterocycles. The summed E-state index contributed by atoms with van der Waals surface area (Å²) in [6, 6.07) is -0.758. The molecular formula is C64H122N2O6P+. The highest BCUT2D eigenvalue weighted by molar-refractivity contribution is 7.47. The second kappa shape index (κ2) is 55.0. The first-order chi connectivity index (χ1) is 35.5. The summed E-state index contributed by atoms with van der Waals surface area (Å²) in [6.45, 7) is 4.79. The molecule has 0 saturated heterocycles. The number of nitrogens with one attached hydrogen (secondary N) is 1. The van der Waals surface area contributed by atoms with E-state index in [0.717, 1.165) is 70.6 Å². The number of phosphoric acid groups is 1. The second-order valence-corrected chi connectivity index (χ2v) is 23.9. The Morgan fingerprint density at radius 1 is 0.479 bits per heavy atom. The van der Waals surface area contributed by atoms with Crippen LogP contribution in [0.3, 0.4) is 0 Å². The number of carbonyl (C=O) groups is 1. The molecule has 3 unspecified atom stereocenters. The third kappa shape index (κ3) is 57.7. The lowest BCUT2D eigenvalue weighted by atomic mass is 10.0. The minimum absolute atomic E-state index is 0.0757. The maximum Gasteiger partial charge on any atom is 0.472 e. The van der Waals surface area contributed by atoms with Crippen LogP contribution in [0.1, 0.15) is 290 Å². The van der Waals surface area contributed by atoms with Gasteiger partial charge in [0.15, 0.2) is 0 Å². The number of allylic oxidation sites excluding steroid dienone is 10. The minimum atomic E-state index is -4.32. The van der Waals surface area contributed by atoms with Gasteiger partial charge in [-0.25, -0.2) is 4.57 Å². The molecule has 8 nitrogen and oxygen atoms in total. The summed E-state index contributed by atoms with van der Waals surface area (Å²) in [4.78, 5) is 23.3. The van der Waals surface area contributed by atoms with Gasteiger partial charge in [-0.2, -0.15) is 0 Å². The standard InChI is InChI=1S/C64H121N2O6P/c1-6-8-10-12-14-16-18-20-21-22-23-24-25-26-27-28-29-30-31-32-33-34-35-36-37-38-39-40-41-42-43-44-45-46-48-50-52-54-56-58-64(68)65-62(61-72-73(69,70)71-60-59-66(3,4)5)63(67)57-55-53-51-49-47-19-17-15-13-11-9-7-2/h8,10,14,16,20-21,23-24,26-27,62-63,67H,6-7,9,11-13,15,17-19,22,25,28-61H2,1-5H3,(H-,65,68,69,70)/p+1/b10-8-,16-14-,21-20-,24-23-,27-26-. The van der Waals surface area contributed by atoms with Gasteiger partial charge in [0.25, 0.3) is 0 Å². The zero-order valence-corrected chi connectivity index (χ0v) is 49.8. The molecule has 0 spiro atoms. The Morgan fingerprint density at radius 2 is 0.822 bits per heavy atom. The lowest BCUT2D eigenvalue weighted by Gasteiger charge is -2.26. The third-order valence-corrected chi connectivity index (χ3v) is 15.0. The number of carbonyl (C=O) groups excluding carboxylic acids is 1. The number of aliphatic hydroxyl groups is 1. The highest BCUT2D eigenvalue weighted by Gasteiger charge is 2.28. The number of likely N-dealkylation sites (N-methyl/N-ethyl adjacent to an activating group) is 1. The van der Waals surface area contributed by atoms with Gasteiger partial charge in [-0.3, -0.25) is 13.8 Å². The number of phosphoric ester groups is 1. The van der Waals surface area contributed by atoms with E-state index in [1.807, 2.05) is 21.1 Å². The van der Waals surface area contributed by atoms with Crippen LogP contribution in [0.4, 0.5) is 0 Å². The molecule has 3 atom stereocenters. The van der Waals surface area contributed by atoms with Crippen molar-refractivity contribution in [2.24, 2.45) is 0 Å². The van der Waals surface area contributed by atoms with Gasteiger partial charge in [-0.1, -0.05) is 286 Å². The van der Waals surface area contributed by atoms with Gasteiger partial charge in [-0.15, -0.1) is 0 Å². The molecule has 0 radical (unpaired) electrons. The number of hydrogen-bond donors (Lipinski definition) is 3. The van der Waals surface area contributed by atoms with E-state index >= 15 is 0 Å². The fourth-order valence-corrected chi connectivity index (χ4v) is 9.93. The van der Waals surface area contributed by atoms with Gasteiger partial charge < -0.3 is 19.8 Å². The van der Waals surface area contributed by atoms with Crippen LogP contribution in [0.15, 0.2) is 60.8 Å². The summed E-state index contributed by atoms with van der Waals surface area (Å²) in [5.41, 5.74) is 0. The van der Waals surface area contributed by atoms with E-state index in [9.17, 15) is 19.4 Å². The van der Waals surface area contributed by atoms with E-state index in [1.165, 1.54) is 193 Å². The van der Waals surface area contributed by atoms with Crippen LogP contribution in [-0.4, -0.2) is 73.4 Å². The molecule has 9 heteroatoms. The summed E-state index contributed by atoms with van der Waals surface area (Å²) in [5, 5.41) is 14.0. The van der Waals surface area contributed by atoms with Crippen molar-refractivity contribution in [3.63, 3.8) is 0 Å². The molecule has 0 aliphatic carbocycles. The first-order valence-corrected chi connectivity index (χ1v) is 32.6. The van der Waals surface area contributed by atoms with E-state index in [1.54, 1.807) is 0 Å². The molecule has 0 aromatic heterocycles. The quantitative estimate of drug-likeness (QED) is 0.0243. The maximum absolute atomic E-state index is 13.0. The first-order valence-electron chi connectivity index (χ1n) is 31.2. The predicted molar refractivity (Wildman–Crippen MR) is 318 cm³/mol. The molecule has 73 heavy (non-hydrogen) atoms. The summed E-state index contributed by atoms with van der Waals surface area (Å²) < 4.78 is 23.7. The Labute approximate surface area is 453 Å². The second-order valence-electron chi connectivity index (χ2n) is 22.4. The van der Waals surface area contributed by atoms with Crippen molar-refractivity contribution in [1.29, 1.82) is 0 Å². The van der Waals surface area contributed by atoms with E-state index in [0.29, 0.717) is 23.9 Å². The van der Waals surface area contributed by atoms with Gasteiger partial charge >= 0.3 is 7.82 Å². The van der Waals surface area contributed by atoms with E-state index in [2.05, 4.69) is 79.9 Å². The Hall–Kier alpha value is -1.80. The van der Waals surface area contributed by atoms with Gasteiger partial charge in [0, 0.05) is 6.42 Å². The summed E-state index contributed by atoms with van der Waals surface area (Å²) in [6.07, 6.45) is 74.6. The molecule has 3 N–H and O–H groups in total. The first kappa shape index (κ1) is 71.2. The highest BCUT2D eigenvalue weighted by atomic mass is 31.2. The van der Waals surface area contributed by atoms with Crippen molar-refractivity contribution in [3.8, 4) is 0 Å². The highest BCUT2D eigenvalue weighted by Crippen LogP contribution is 2.43. The molecule has 0 bridgehead atoms. The van der Waals surface area contributed by atoms with Crippen molar-refractivity contribution in [1.82, 2.24) is 5.32 Å². The van der Waals surface area contributed by atoms with E-state index < -0.39 is 20.0 Å². The number of unbranched alkanes of at least 4 members (excludes halogenated alkanes) is 34. The number of quaternary nitrogens is 1. The smallest absolute Gasteiger partial charge is 0.391 e. The van der Waals surface area contributed by atoms with Gasteiger partial charge in [-0.05, 0) is 57.8 Å². The summed E-state index contributed by atoms with van der Waals surface area (Å²) in [7, 11) is 1.62. The molecule has 428 valence electrons. The Balaban J connectivity index is 3.86. The molecule has 0 aliphatic rings. The fraction of sp³-hybridized carbons (Fsp3) is 0.828. The summed E-state index contributed by atoms with van der Waals surface area (Å²) in [5.74, 6) is -0.141. The zero-order valence-electron chi connectivity index (χ0n) is 48.9. The monoisotopic (exact) mass is 1050 g/mol. The Morgan fingerprint density at radius 3 is 1.21 bits per heavy atom. The molecule has 0 rings (SSSR count). The maximum atomic E-state index is 13.0. The molecule has 0 aliphatic heterocycles. The van der Waals surface area contributed by atoms with Crippen LogP contribution in [0.5, 0.6) is 0 Å². The molecular weight excluding hydrogens is 924 g/mol. The van der Waals surface area contributed by atoms with Crippen molar-refractivity contribution < 1.29 is 32.9 Å². The summed E-state index contributed by atoms with van der Waals surface area (Å²) >= 11 is 0. The number of rotatable bonds is 57. The largest absolute Gasteiger partial charge is 0.472 e. The average molecular weight is 1050 g/mol. The minimum Gasteiger partial charge on any atom is -0.391 e.